The van der Waals surface area contributed by atoms with Crippen LogP contribution in [-0.2, 0) is 11.3 Å². The van der Waals surface area contributed by atoms with Crippen molar-refractivity contribution >= 4 is 40.4 Å². The van der Waals surface area contributed by atoms with Gasteiger partial charge in [-0.3, -0.25) is 14.2 Å². The van der Waals surface area contributed by atoms with Crippen LogP contribution in [-0.4, -0.2) is 59.6 Å². The van der Waals surface area contributed by atoms with Crippen molar-refractivity contribution in [2.24, 2.45) is 0 Å². The number of halogens is 1. The maximum atomic E-state index is 12.6. The van der Waals surface area contributed by atoms with E-state index in [-0.39, 0.29) is 36.0 Å². The molecule has 150 valence electrons. The molecule has 0 unspecified atom stereocenters. The number of para-hydroxylation sites is 1. The fraction of sp³-hybridized carbons (Fsp3) is 0.421. The first-order valence-electron chi connectivity index (χ1n) is 9.29. The molecule has 0 aliphatic carbocycles. The zero-order valence-corrected chi connectivity index (χ0v) is 16.3. The van der Waals surface area contributed by atoms with Crippen LogP contribution in [0, 0.1) is 0 Å². The van der Waals surface area contributed by atoms with Crippen LogP contribution in [0.25, 0.3) is 22.1 Å². The summed E-state index contributed by atoms with van der Waals surface area (Å²) in [6, 6.07) is 7.38. The average Bonchev–Trinajstić information content (AvgIpc) is 3.08. The van der Waals surface area contributed by atoms with Crippen LogP contribution in [0.15, 0.2) is 39.8 Å². The second-order valence-electron chi connectivity index (χ2n) is 6.75. The van der Waals surface area contributed by atoms with E-state index in [1.54, 1.807) is 6.07 Å². The Hall–Kier alpha value is -2.42. The summed E-state index contributed by atoms with van der Waals surface area (Å²) in [7, 11) is 0. The van der Waals surface area contributed by atoms with Crippen molar-refractivity contribution in [2.75, 3.05) is 39.3 Å². The van der Waals surface area contributed by atoms with Gasteiger partial charge in [0.15, 0.2) is 0 Å². The Labute approximate surface area is 168 Å². The highest BCUT2D eigenvalue weighted by molar-refractivity contribution is 6.01. The van der Waals surface area contributed by atoms with Crippen LogP contribution in [0.2, 0.25) is 0 Å². The number of amides is 1. The van der Waals surface area contributed by atoms with Crippen molar-refractivity contribution in [3.05, 3.63) is 40.9 Å². The van der Waals surface area contributed by atoms with Crippen molar-refractivity contribution in [3.8, 4) is 0 Å². The van der Waals surface area contributed by atoms with Crippen LogP contribution in [0.1, 0.15) is 6.42 Å². The van der Waals surface area contributed by atoms with Crippen molar-refractivity contribution in [3.63, 3.8) is 0 Å². The highest BCUT2D eigenvalue weighted by Gasteiger charge is 2.14. The molecule has 1 aliphatic rings. The summed E-state index contributed by atoms with van der Waals surface area (Å²) in [4.78, 5) is 31.5. The summed E-state index contributed by atoms with van der Waals surface area (Å²) in [6.45, 7) is 5.64. The molecule has 28 heavy (non-hydrogen) atoms. The Kier molecular flexibility index (Phi) is 6.66. The predicted molar refractivity (Wildman–Crippen MR) is 110 cm³/mol. The molecule has 0 bridgehead atoms. The van der Waals surface area contributed by atoms with E-state index in [9.17, 15) is 9.59 Å². The van der Waals surface area contributed by atoms with E-state index in [0.29, 0.717) is 17.6 Å². The van der Waals surface area contributed by atoms with Gasteiger partial charge in [-0.1, -0.05) is 12.1 Å². The second kappa shape index (κ2) is 9.18. The molecule has 3 aromatic rings. The van der Waals surface area contributed by atoms with Crippen LogP contribution < -0.4 is 16.2 Å². The van der Waals surface area contributed by atoms with Crippen LogP contribution in [0.5, 0.6) is 0 Å². The third kappa shape index (κ3) is 4.35. The Balaban J connectivity index is 0.00000225. The smallest absolute Gasteiger partial charge is 0.297 e. The summed E-state index contributed by atoms with van der Waals surface area (Å²) >= 11 is 0. The summed E-state index contributed by atoms with van der Waals surface area (Å²) in [6.07, 6.45) is 2.30. The highest BCUT2D eigenvalue weighted by Crippen LogP contribution is 2.23. The molecular weight excluding hydrogens is 382 g/mol. The molecule has 1 fully saturated rings. The average molecular weight is 406 g/mol. The number of hydrogen-bond acceptors (Lipinski definition) is 6. The number of piperazine rings is 1. The molecule has 0 radical (unpaired) electrons. The van der Waals surface area contributed by atoms with Crippen molar-refractivity contribution in [1.29, 1.82) is 0 Å². The lowest BCUT2D eigenvalue weighted by atomic mass is 10.2. The molecule has 8 nitrogen and oxygen atoms in total. The molecular formula is C19H24ClN5O3. The molecule has 1 aromatic carbocycles. The predicted octanol–water partition coefficient (Wildman–Crippen LogP) is 0.976. The minimum atomic E-state index is -0.341. The maximum Gasteiger partial charge on any atom is 0.297 e. The van der Waals surface area contributed by atoms with Gasteiger partial charge in [0, 0.05) is 38.1 Å². The van der Waals surface area contributed by atoms with E-state index in [1.807, 2.05) is 18.2 Å². The number of furan rings is 1. The van der Waals surface area contributed by atoms with Gasteiger partial charge >= 0.3 is 0 Å². The lowest BCUT2D eigenvalue weighted by Crippen LogP contribution is -2.44. The first-order chi connectivity index (χ1) is 13.2. The van der Waals surface area contributed by atoms with Crippen molar-refractivity contribution in [2.45, 2.75) is 13.0 Å². The largest absolute Gasteiger partial charge is 0.448 e. The van der Waals surface area contributed by atoms with Gasteiger partial charge < -0.3 is 20.0 Å². The zero-order valence-electron chi connectivity index (χ0n) is 15.5. The topological polar surface area (TPSA) is 92.4 Å². The molecule has 2 aromatic heterocycles. The number of nitrogens with one attached hydrogen (secondary N) is 2. The molecule has 1 saturated heterocycles. The number of hydrogen-bond donors (Lipinski definition) is 2. The first kappa shape index (κ1) is 20.3. The van der Waals surface area contributed by atoms with Gasteiger partial charge in [-0.2, -0.15) is 0 Å². The van der Waals surface area contributed by atoms with Crippen LogP contribution in [0.4, 0.5) is 0 Å². The van der Waals surface area contributed by atoms with E-state index >= 15 is 0 Å². The quantitative estimate of drug-likeness (QED) is 0.594. The third-order valence-corrected chi connectivity index (χ3v) is 4.85. The molecule has 3 heterocycles. The lowest BCUT2D eigenvalue weighted by Gasteiger charge is -2.27. The van der Waals surface area contributed by atoms with Crippen LogP contribution in [0.3, 0.4) is 0 Å². The first-order valence-corrected chi connectivity index (χ1v) is 9.29. The Morgan fingerprint density at radius 1 is 1.25 bits per heavy atom. The molecule has 1 amide bonds. The fourth-order valence-electron chi connectivity index (χ4n) is 3.40. The van der Waals surface area contributed by atoms with Gasteiger partial charge in [0.1, 0.15) is 17.6 Å². The van der Waals surface area contributed by atoms with E-state index in [1.165, 1.54) is 10.9 Å². The van der Waals surface area contributed by atoms with Gasteiger partial charge in [0.05, 0.1) is 6.33 Å². The lowest BCUT2D eigenvalue weighted by molar-refractivity contribution is -0.121. The number of rotatable bonds is 6. The van der Waals surface area contributed by atoms with Gasteiger partial charge in [0.25, 0.3) is 5.56 Å². The maximum absolute atomic E-state index is 12.6. The van der Waals surface area contributed by atoms with Crippen molar-refractivity contribution in [1.82, 2.24) is 25.1 Å². The molecule has 4 rings (SSSR count). The van der Waals surface area contributed by atoms with Crippen molar-refractivity contribution < 1.29 is 9.21 Å². The van der Waals surface area contributed by atoms with Gasteiger partial charge in [-0.05, 0) is 25.1 Å². The number of carbonyl (C=O) groups is 1. The van der Waals surface area contributed by atoms with Gasteiger partial charge in [-0.25, -0.2) is 4.98 Å². The summed E-state index contributed by atoms with van der Waals surface area (Å²) in [5.41, 5.74) is 0.993. The normalized spacial score (nSPS) is 14.9. The number of nitrogens with zero attached hydrogens (tertiary/aromatic N) is 3. The summed E-state index contributed by atoms with van der Waals surface area (Å²) in [5, 5.41) is 6.99. The standard InChI is InChI=1S/C19H23N5O3.ClH/c25-16(21-6-3-9-23-10-7-20-8-11-23)12-24-13-22-17-14-4-1-2-5-15(14)27-18(17)19(24)26;/h1-2,4-5,13,20H,3,6-12H2,(H,21,25);1H. The van der Waals surface area contributed by atoms with E-state index in [4.69, 9.17) is 4.42 Å². The molecule has 0 spiro atoms. The zero-order chi connectivity index (χ0) is 18.6. The summed E-state index contributed by atoms with van der Waals surface area (Å²) in [5.74, 6) is -0.199. The van der Waals surface area contributed by atoms with Gasteiger partial charge in [0.2, 0.25) is 11.5 Å². The number of carbonyl (C=O) groups excluding carboxylic acids is 1. The third-order valence-electron chi connectivity index (χ3n) is 4.85. The Morgan fingerprint density at radius 3 is 2.86 bits per heavy atom. The summed E-state index contributed by atoms with van der Waals surface area (Å²) < 4.78 is 6.92. The second-order valence-corrected chi connectivity index (χ2v) is 6.75. The minimum absolute atomic E-state index is 0. The minimum Gasteiger partial charge on any atom is -0.448 e. The van der Waals surface area contributed by atoms with Crippen LogP contribution >= 0.6 is 12.4 Å². The number of benzene rings is 1. The van der Waals surface area contributed by atoms with E-state index in [2.05, 4.69) is 20.5 Å². The SMILES string of the molecule is Cl.O=C(Cn1cnc2c(oc3ccccc32)c1=O)NCCCN1CCNCC1. The number of fused-ring (bicyclic) bond motifs is 3. The molecule has 9 heteroatoms. The number of aromatic nitrogens is 2. The van der Waals surface area contributed by atoms with Gasteiger partial charge in [-0.15, -0.1) is 12.4 Å². The highest BCUT2D eigenvalue weighted by atomic mass is 35.5. The van der Waals surface area contributed by atoms with E-state index < -0.39 is 0 Å². The Morgan fingerprint density at radius 2 is 2.04 bits per heavy atom. The molecule has 2 N–H and O–H groups in total. The molecule has 0 saturated carbocycles. The molecule has 1 aliphatic heterocycles. The molecule has 0 atom stereocenters. The Bertz CT molecular complexity index is 1010. The monoisotopic (exact) mass is 405 g/mol. The van der Waals surface area contributed by atoms with E-state index in [0.717, 1.165) is 44.5 Å². The fourth-order valence-corrected chi connectivity index (χ4v) is 3.40.